The molecule has 2 aromatic rings. The van der Waals surface area contributed by atoms with E-state index in [9.17, 15) is 0 Å². The third-order valence-electron chi connectivity index (χ3n) is 3.06. The highest BCUT2D eigenvalue weighted by molar-refractivity contribution is 5.79. The molecule has 2 N–H and O–H groups in total. The normalized spacial score (nSPS) is 11.6. The number of guanidine groups is 1. The Kier molecular flexibility index (Phi) is 5.23. The Hall–Kier alpha value is -2.24. The van der Waals surface area contributed by atoms with Gasteiger partial charge in [0.05, 0.1) is 6.26 Å². The molecule has 0 radical (unpaired) electrons. The van der Waals surface area contributed by atoms with Crippen LogP contribution in [0.2, 0.25) is 0 Å². The summed E-state index contributed by atoms with van der Waals surface area (Å²) in [7, 11) is 3.72. The number of rotatable bonds is 6. The standard InChI is InChI=1S/C14H21N5O/c1-15-14(17-9-7-13-4-3-11-20-13)16-8-5-12-6-10-18-19(12)2/h3-4,6,10-11H,5,7-9H2,1-2H3,(H2,15,16,17). The second-order valence-electron chi connectivity index (χ2n) is 4.45. The predicted molar refractivity (Wildman–Crippen MR) is 78.7 cm³/mol. The summed E-state index contributed by atoms with van der Waals surface area (Å²) >= 11 is 0. The maximum absolute atomic E-state index is 5.28. The molecule has 108 valence electrons. The number of nitrogens with zero attached hydrogens (tertiary/aromatic N) is 3. The van der Waals surface area contributed by atoms with Crippen molar-refractivity contribution in [3.63, 3.8) is 0 Å². The fourth-order valence-corrected chi connectivity index (χ4v) is 1.94. The molecule has 0 saturated heterocycles. The van der Waals surface area contributed by atoms with E-state index in [0.717, 1.165) is 37.7 Å². The van der Waals surface area contributed by atoms with Crippen molar-refractivity contribution < 1.29 is 4.42 Å². The number of hydrogen-bond acceptors (Lipinski definition) is 3. The topological polar surface area (TPSA) is 67.4 Å². The molecule has 2 aromatic heterocycles. The smallest absolute Gasteiger partial charge is 0.191 e. The van der Waals surface area contributed by atoms with Crippen molar-refractivity contribution in [3.05, 3.63) is 42.1 Å². The van der Waals surface area contributed by atoms with Crippen molar-refractivity contribution in [1.29, 1.82) is 0 Å². The third-order valence-corrected chi connectivity index (χ3v) is 3.06. The summed E-state index contributed by atoms with van der Waals surface area (Å²) in [5, 5.41) is 10.7. The van der Waals surface area contributed by atoms with Gasteiger partial charge in [0.25, 0.3) is 0 Å². The Balaban J connectivity index is 1.66. The molecule has 0 saturated carbocycles. The molecule has 0 fully saturated rings. The van der Waals surface area contributed by atoms with Crippen molar-refractivity contribution in [1.82, 2.24) is 20.4 Å². The Morgan fingerprint density at radius 3 is 2.70 bits per heavy atom. The van der Waals surface area contributed by atoms with Crippen LogP contribution in [0.1, 0.15) is 11.5 Å². The van der Waals surface area contributed by atoms with Gasteiger partial charge in [-0.15, -0.1) is 0 Å². The number of nitrogens with one attached hydrogen (secondary N) is 2. The molecule has 0 aromatic carbocycles. The first kappa shape index (κ1) is 14.2. The first-order valence-electron chi connectivity index (χ1n) is 6.73. The van der Waals surface area contributed by atoms with Gasteiger partial charge in [0.15, 0.2) is 5.96 Å². The molecule has 6 heteroatoms. The summed E-state index contributed by atoms with van der Waals surface area (Å²) in [6.07, 6.45) is 5.26. The van der Waals surface area contributed by atoms with Gasteiger partial charge in [-0.3, -0.25) is 9.67 Å². The summed E-state index contributed by atoms with van der Waals surface area (Å²) < 4.78 is 7.17. The SMILES string of the molecule is CN=C(NCCc1ccco1)NCCc1ccnn1C. The van der Waals surface area contributed by atoms with Gasteiger partial charge in [0.2, 0.25) is 0 Å². The lowest BCUT2D eigenvalue weighted by Crippen LogP contribution is -2.39. The Morgan fingerprint density at radius 1 is 1.30 bits per heavy atom. The zero-order valence-electron chi connectivity index (χ0n) is 12.0. The molecule has 0 aliphatic carbocycles. The van der Waals surface area contributed by atoms with E-state index in [2.05, 4.69) is 20.7 Å². The minimum Gasteiger partial charge on any atom is -0.469 e. The molecule has 0 aliphatic heterocycles. The van der Waals surface area contributed by atoms with E-state index in [0.29, 0.717) is 0 Å². The van der Waals surface area contributed by atoms with E-state index in [-0.39, 0.29) is 0 Å². The lowest BCUT2D eigenvalue weighted by molar-refractivity contribution is 0.507. The number of aromatic nitrogens is 2. The zero-order chi connectivity index (χ0) is 14.2. The maximum Gasteiger partial charge on any atom is 0.191 e. The van der Waals surface area contributed by atoms with Crippen molar-refractivity contribution >= 4 is 5.96 Å². The molecule has 0 aliphatic rings. The molecule has 2 rings (SSSR count). The average molecular weight is 275 g/mol. The van der Waals surface area contributed by atoms with Gasteiger partial charge in [-0.05, 0) is 18.2 Å². The molecular formula is C14H21N5O. The van der Waals surface area contributed by atoms with Gasteiger partial charge in [-0.25, -0.2) is 0 Å². The number of hydrogen-bond donors (Lipinski definition) is 2. The Bertz CT molecular complexity index is 530. The van der Waals surface area contributed by atoms with Crippen LogP contribution in [0.5, 0.6) is 0 Å². The summed E-state index contributed by atoms with van der Waals surface area (Å²) in [6, 6.07) is 5.89. The summed E-state index contributed by atoms with van der Waals surface area (Å²) in [4.78, 5) is 4.19. The third kappa shape index (κ3) is 4.15. The van der Waals surface area contributed by atoms with Crippen molar-refractivity contribution in [2.75, 3.05) is 20.1 Å². The van der Waals surface area contributed by atoms with Crippen LogP contribution in [0.3, 0.4) is 0 Å². The molecule has 2 heterocycles. The van der Waals surface area contributed by atoms with E-state index in [4.69, 9.17) is 4.42 Å². The fraction of sp³-hybridized carbons (Fsp3) is 0.429. The van der Waals surface area contributed by atoms with Crippen LogP contribution in [0, 0.1) is 0 Å². The Labute approximate surface area is 118 Å². The van der Waals surface area contributed by atoms with Crippen LogP contribution in [-0.2, 0) is 19.9 Å². The van der Waals surface area contributed by atoms with Gasteiger partial charge in [-0.2, -0.15) is 5.10 Å². The van der Waals surface area contributed by atoms with Gasteiger partial charge >= 0.3 is 0 Å². The molecule has 0 unspecified atom stereocenters. The fourth-order valence-electron chi connectivity index (χ4n) is 1.94. The highest BCUT2D eigenvalue weighted by Crippen LogP contribution is 1.99. The number of furan rings is 1. The largest absolute Gasteiger partial charge is 0.469 e. The summed E-state index contributed by atoms with van der Waals surface area (Å²) in [5.74, 6) is 1.78. The number of aliphatic imine (C=N–C) groups is 1. The van der Waals surface area contributed by atoms with E-state index in [1.807, 2.05) is 36.1 Å². The quantitative estimate of drug-likeness (QED) is 0.609. The van der Waals surface area contributed by atoms with Crippen LogP contribution in [0.4, 0.5) is 0 Å². The second-order valence-corrected chi connectivity index (χ2v) is 4.45. The van der Waals surface area contributed by atoms with Crippen molar-refractivity contribution in [2.45, 2.75) is 12.8 Å². The van der Waals surface area contributed by atoms with Gasteiger partial charge in [0, 0.05) is 51.9 Å². The highest BCUT2D eigenvalue weighted by Gasteiger charge is 2.01. The van der Waals surface area contributed by atoms with E-state index in [1.54, 1.807) is 13.3 Å². The van der Waals surface area contributed by atoms with Gasteiger partial charge in [-0.1, -0.05) is 0 Å². The molecule has 0 atom stereocenters. The van der Waals surface area contributed by atoms with Crippen LogP contribution >= 0.6 is 0 Å². The lowest BCUT2D eigenvalue weighted by atomic mass is 10.3. The van der Waals surface area contributed by atoms with E-state index < -0.39 is 0 Å². The van der Waals surface area contributed by atoms with E-state index in [1.165, 1.54) is 5.69 Å². The summed E-state index contributed by atoms with van der Waals surface area (Å²) in [6.45, 7) is 1.61. The minimum absolute atomic E-state index is 0.791. The monoisotopic (exact) mass is 275 g/mol. The first-order valence-corrected chi connectivity index (χ1v) is 6.73. The Morgan fingerprint density at radius 2 is 2.10 bits per heavy atom. The van der Waals surface area contributed by atoms with Crippen molar-refractivity contribution in [2.24, 2.45) is 12.0 Å². The molecular weight excluding hydrogens is 254 g/mol. The van der Waals surface area contributed by atoms with Gasteiger partial charge < -0.3 is 15.1 Å². The van der Waals surface area contributed by atoms with Crippen LogP contribution in [0.25, 0.3) is 0 Å². The molecule has 0 amide bonds. The van der Waals surface area contributed by atoms with Gasteiger partial charge in [0.1, 0.15) is 5.76 Å². The minimum atomic E-state index is 0.791. The average Bonchev–Trinajstić information content (AvgIpc) is 3.09. The first-order chi connectivity index (χ1) is 9.79. The van der Waals surface area contributed by atoms with Crippen LogP contribution in [-0.4, -0.2) is 35.9 Å². The second kappa shape index (κ2) is 7.37. The highest BCUT2D eigenvalue weighted by atomic mass is 16.3. The molecule has 20 heavy (non-hydrogen) atoms. The van der Waals surface area contributed by atoms with E-state index >= 15 is 0 Å². The summed E-state index contributed by atoms with van der Waals surface area (Å²) in [5.41, 5.74) is 1.20. The molecule has 6 nitrogen and oxygen atoms in total. The predicted octanol–water partition coefficient (Wildman–Crippen LogP) is 0.963. The van der Waals surface area contributed by atoms with Crippen molar-refractivity contribution in [3.8, 4) is 0 Å². The lowest BCUT2D eigenvalue weighted by Gasteiger charge is -2.11. The maximum atomic E-state index is 5.28. The van der Waals surface area contributed by atoms with Crippen LogP contribution in [0.15, 0.2) is 40.1 Å². The molecule has 0 spiro atoms. The zero-order valence-corrected chi connectivity index (χ0v) is 12.0. The number of aryl methyl sites for hydroxylation is 1. The molecule has 0 bridgehead atoms. The van der Waals surface area contributed by atoms with Crippen LogP contribution < -0.4 is 10.6 Å².